The van der Waals surface area contributed by atoms with Gasteiger partial charge < -0.3 is 16.0 Å². The van der Waals surface area contributed by atoms with E-state index in [0.29, 0.717) is 11.1 Å². The minimum atomic E-state index is -0.439. The molecule has 1 aliphatic heterocycles. The number of carbonyl (C=O) groups is 1. The van der Waals surface area contributed by atoms with Crippen molar-refractivity contribution >= 4 is 16.9 Å². The Morgan fingerprint density at radius 3 is 2.95 bits per heavy atom. The summed E-state index contributed by atoms with van der Waals surface area (Å²) < 4.78 is 0. The highest BCUT2D eigenvalue weighted by molar-refractivity contribution is 6.04. The molecule has 0 aliphatic carbocycles. The second kappa shape index (κ2) is 4.35. The van der Waals surface area contributed by atoms with Gasteiger partial charge in [-0.25, -0.2) is 4.98 Å². The summed E-state index contributed by atoms with van der Waals surface area (Å²) in [5.74, 6) is 0.446. The van der Waals surface area contributed by atoms with Crippen LogP contribution in [0.25, 0.3) is 11.0 Å². The number of para-hydroxylation sites is 1. The van der Waals surface area contributed by atoms with Crippen molar-refractivity contribution in [3.05, 3.63) is 29.6 Å². The predicted octanol–water partition coefficient (Wildman–Crippen LogP) is 1.65. The highest BCUT2D eigenvalue weighted by Gasteiger charge is 2.31. The van der Waals surface area contributed by atoms with Gasteiger partial charge in [-0.3, -0.25) is 4.79 Å². The lowest BCUT2D eigenvalue weighted by Crippen LogP contribution is -2.44. The molecule has 4 N–H and O–H groups in total. The SMILES string of the molecule is CC1(c2nc3c(C(N)=O)cccc3[nH]2)CCCCN1. The lowest BCUT2D eigenvalue weighted by molar-refractivity contribution is 0.100. The maximum Gasteiger partial charge on any atom is 0.250 e. The molecule has 1 aromatic heterocycles. The quantitative estimate of drug-likeness (QED) is 0.765. The topological polar surface area (TPSA) is 83.8 Å². The summed E-state index contributed by atoms with van der Waals surface area (Å²) in [6.07, 6.45) is 3.42. The van der Waals surface area contributed by atoms with Crippen molar-refractivity contribution in [2.75, 3.05) is 6.54 Å². The predicted molar refractivity (Wildman–Crippen MR) is 73.8 cm³/mol. The number of aromatic nitrogens is 2. The lowest BCUT2D eigenvalue weighted by atomic mass is 9.90. The molecule has 1 aliphatic rings. The zero-order valence-corrected chi connectivity index (χ0v) is 11.0. The molecule has 2 heterocycles. The molecule has 1 fully saturated rings. The maximum atomic E-state index is 11.4. The molecule has 19 heavy (non-hydrogen) atoms. The molecule has 100 valence electrons. The van der Waals surface area contributed by atoms with Crippen molar-refractivity contribution in [2.45, 2.75) is 31.7 Å². The molecule has 1 aromatic carbocycles. The van der Waals surface area contributed by atoms with Crippen LogP contribution < -0.4 is 11.1 Å². The number of imidazole rings is 1. The summed E-state index contributed by atoms with van der Waals surface area (Å²) in [4.78, 5) is 19.4. The zero-order chi connectivity index (χ0) is 13.5. The number of carbonyl (C=O) groups excluding carboxylic acids is 1. The van der Waals surface area contributed by atoms with E-state index >= 15 is 0 Å². The second-order valence-corrected chi connectivity index (χ2v) is 5.37. The molecule has 1 amide bonds. The number of primary amides is 1. The van der Waals surface area contributed by atoms with Crippen molar-refractivity contribution in [1.29, 1.82) is 0 Å². The molecular weight excluding hydrogens is 240 g/mol. The Labute approximate surface area is 111 Å². The van der Waals surface area contributed by atoms with E-state index in [1.807, 2.05) is 12.1 Å². The lowest BCUT2D eigenvalue weighted by Gasteiger charge is -2.33. The molecule has 1 saturated heterocycles. The maximum absolute atomic E-state index is 11.4. The third kappa shape index (κ3) is 2.00. The Kier molecular flexibility index (Phi) is 2.78. The molecule has 0 bridgehead atoms. The van der Waals surface area contributed by atoms with E-state index < -0.39 is 5.91 Å². The Balaban J connectivity index is 2.11. The number of rotatable bonds is 2. The first kappa shape index (κ1) is 12.2. The van der Waals surface area contributed by atoms with Crippen LogP contribution in [-0.2, 0) is 5.54 Å². The first-order chi connectivity index (χ1) is 9.10. The van der Waals surface area contributed by atoms with Gasteiger partial charge in [0.15, 0.2) is 0 Å². The molecule has 0 saturated carbocycles. The van der Waals surface area contributed by atoms with E-state index in [9.17, 15) is 4.79 Å². The average molecular weight is 258 g/mol. The van der Waals surface area contributed by atoms with Crippen molar-refractivity contribution in [2.24, 2.45) is 5.73 Å². The van der Waals surface area contributed by atoms with E-state index in [0.717, 1.165) is 24.3 Å². The fourth-order valence-electron chi connectivity index (χ4n) is 2.75. The number of amides is 1. The Morgan fingerprint density at radius 1 is 1.42 bits per heavy atom. The standard InChI is InChI=1S/C14H18N4O/c1-14(7-2-3-8-16-14)13-17-10-6-4-5-9(12(15)19)11(10)18-13/h4-6,16H,2-3,7-8H2,1H3,(H2,15,19)(H,17,18). The van der Waals surface area contributed by atoms with Crippen LogP contribution in [0.3, 0.4) is 0 Å². The molecule has 0 radical (unpaired) electrons. The van der Waals surface area contributed by atoms with Gasteiger partial charge in [-0.2, -0.15) is 0 Å². The van der Waals surface area contributed by atoms with Gasteiger partial charge in [0.1, 0.15) is 11.3 Å². The zero-order valence-electron chi connectivity index (χ0n) is 11.0. The highest BCUT2D eigenvalue weighted by Crippen LogP contribution is 2.29. The monoisotopic (exact) mass is 258 g/mol. The number of hydrogen-bond acceptors (Lipinski definition) is 3. The van der Waals surface area contributed by atoms with Gasteiger partial charge >= 0.3 is 0 Å². The van der Waals surface area contributed by atoms with Gasteiger partial charge in [-0.1, -0.05) is 6.07 Å². The van der Waals surface area contributed by atoms with Crippen LogP contribution in [0.5, 0.6) is 0 Å². The number of fused-ring (bicyclic) bond motifs is 1. The number of H-pyrrole nitrogens is 1. The van der Waals surface area contributed by atoms with Gasteiger partial charge in [-0.15, -0.1) is 0 Å². The fourth-order valence-corrected chi connectivity index (χ4v) is 2.75. The Bertz CT molecular complexity index is 625. The van der Waals surface area contributed by atoms with Gasteiger partial charge in [-0.05, 0) is 44.9 Å². The molecule has 1 unspecified atom stereocenters. The van der Waals surface area contributed by atoms with Crippen LogP contribution in [0, 0.1) is 0 Å². The largest absolute Gasteiger partial charge is 0.366 e. The Hall–Kier alpha value is -1.88. The van der Waals surface area contributed by atoms with E-state index in [2.05, 4.69) is 22.2 Å². The van der Waals surface area contributed by atoms with Crippen molar-refractivity contribution < 1.29 is 4.79 Å². The van der Waals surface area contributed by atoms with Gasteiger partial charge in [0.2, 0.25) is 0 Å². The van der Waals surface area contributed by atoms with Crippen LogP contribution >= 0.6 is 0 Å². The molecule has 0 spiro atoms. The van der Waals surface area contributed by atoms with Gasteiger partial charge in [0.25, 0.3) is 5.91 Å². The first-order valence-electron chi connectivity index (χ1n) is 6.64. The third-order valence-corrected chi connectivity index (χ3v) is 3.92. The fraction of sp³-hybridized carbons (Fsp3) is 0.429. The number of aromatic amines is 1. The second-order valence-electron chi connectivity index (χ2n) is 5.37. The molecule has 2 aromatic rings. The summed E-state index contributed by atoms with van der Waals surface area (Å²) in [7, 11) is 0. The van der Waals surface area contributed by atoms with Crippen LogP contribution in [0.4, 0.5) is 0 Å². The van der Waals surface area contributed by atoms with Gasteiger partial charge in [0, 0.05) is 0 Å². The number of hydrogen-bond donors (Lipinski definition) is 3. The van der Waals surface area contributed by atoms with Crippen LogP contribution in [-0.4, -0.2) is 22.4 Å². The molecule has 3 rings (SSSR count). The highest BCUT2D eigenvalue weighted by atomic mass is 16.1. The van der Waals surface area contributed by atoms with Crippen LogP contribution in [0.15, 0.2) is 18.2 Å². The Morgan fingerprint density at radius 2 is 2.26 bits per heavy atom. The van der Waals surface area contributed by atoms with E-state index in [-0.39, 0.29) is 5.54 Å². The summed E-state index contributed by atoms with van der Waals surface area (Å²) in [6, 6.07) is 5.46. The third-order valence-electron chi connectivity index (χ3n) is 3.92. The summed E-state index contributed by atoms with van der Waals surface area (Å²) >= 11 is 0. The van der Waals surface area contributed by atoms with E-state index in [1.165, 1.54) is 12.8 Å². The van der Waals surface area contributed by atoms with Crippen LogP contribution in [0.1, 0.15) is 42.4 Å². The average Bonchev–Trinajstić information content (AvgIpc) is 2.83. The van der Waals surface area contributed by atoms with Crippen molar-refractivity contribution in [3.8, 4) is 0 Å². The van der Waals surface area contributed by atoms with E-state index in [1.54, 1.807) is 6.07 Å². The normalized spacial score (nSPS) is 23.6. The minimum Gasteiger partial charge on any atom is -0.366 e. The molecule has 1 atom stereocenters. The van der Waals surface area contributed by atoms with Crippen LogP contribution in [0.2, 0.25) is 0 Å². The number of benzene rings is 1. The summed E-state index contributed by atoms with van der Waals surface area (Å²) in [5, 5.41) is 3.51. The van der Waals surface area contributed by atoms with E-state index in [4.69, 9.17) is 5.73 Å². The summed E-state index contributed by atoms with van der Waals surface area (Å²) in [5.41, 5.74) is 7.24. The van der Waals surface area contributed by atoms with Gasteiger partial charge in [0.05, 0.1) is 16.6 Å². The molecule has 5 nitrogen and oxygen atoms in total. The number of piperidine rings is 1. The first-order valence-corrected chi connectivity index (χ1v) is 6.64. The molecule has 5 heteroatoms. The summed E-state index contributed by atoms with van der Waals surface area (Å²) in [6.45, 7) is 3.14. The number of nitrogens with two attached hydrogens (primary N) is 1. The molecular formula is C14H18N4O. The van der Waals surface area contributed by atoms with Crippen molar-refractivity contribution in [1.82, 2.24) is 15.3 Å². The number of nitrogens with zero attached hydrogens (tertiary/aromatic N) is 1. The minimum absolute atomic E-state index is 0.147. The van der Waals surface area contributed by atoms with Crippen molar-refractivity contribution in [3.63, 3.8) is 0 Å². The number of nitrogens with one attached hydrogen (secondary N) is 2. The smallest absolute Gasteiger partial charge is 0.250 e.